The van der Waals surface area contributed by atoms with Crippen LogP contribution >= 0.6 is 0 Å². The number of carbonyl (C=O) groups is 2. The molecule has 1 aliphatic heterocycles. The summed E-state index contributed by atoms with van der Waals surface area (Å²) in [6, 6.07) is -1.20. The lowest BCUT2D eigenvalue weighted by molar-refractivity contribution is -0.138. The Balaban J connectivity index is 2.41. The predicted molar refractivity (Wildman–Crippen MR) is 52.6 cm³/mol. The van der Waals surface area contributed by atoms with E-state index < -0.39 is 12.0 Å². The molecule has 0 aliphatic carbocycles. The van der Waals surface area contributed by atoms with Gasteiger partial charge in [0.1, 0.15) is 6.04 Å². The van der Waals surface area contributed by atoms with Crippen LogP contribution in [-0.2, 0) is 9.53 Å². The van der Waals surface area contributed by atoms with E-state index in [2.05, 4.69) is 5.32 Å². The second-order valence-corrected chi connectivity index (χ2v) is 3.64. The van der Waals surface area contributed by atoms with E-state index in [0.717, 1.165) is 6.42 Å². The van der Waals surface area contributed by atoms with E-state index >= 15 is 0 Å². The molecule has 2 atom stereocenters. The third kappa shape index (κ3) is 3.09. The van der Waals surface area contributed by atoms with E-state index in [4.69, 9.17) is 9.84 Å². The number of nitrogens with zero attached hydrogens (tertiary/aromatic N) is 1. The fraction of sp³-hybridized carbons (Fsp3) is 0.778. The number of carboxylic acids is 1. The van der Waals surface area contributed by atoms with Crippen molar-refractivity contribution in [3.8, 4) is 0 Å². The molecule has 1 aliphatic rings. The van der Waals surface area contributed by atoms with Gasteiger partial charge in [-0.25, -0.2) is 4.79 Å². The Kier molecular flexibility index (Phi) is 3.90. The molecular weight excluding hydrogens is 200 g/mol. The van der Waals surface area contributed by atoms with Crippen molar-refractivity contribution in [3.63, 3.8) is 0 Å². The van der Waals surface area contributed by atoms with Gasteiger partial charge in [-0.3, -0.25) is 4.79 Å². The molecule has 2 N–H and O–H groups in total. The number of likely N-dealkylation sites (N-methyl/N-ethyl adjacent to an activating group) is 1. The summed E-state index contributed by atoms with van der Waals surface area (Å²) in [6.07, 6.45) is 0.797. The number of ether oxygens (including phenoxy) is 1. The maximum Gasteiger partial charge on any atom is 0.325 e. The summed E-state index contributed by atoms with van der Waals surface area (Å²) in [7, 11) is 1.64. The van der Waals surface area contributed by atoms with Gasteiger partial charge in [-0.15, -0.1) is 0 Å². The zero-order chi connectivity index (χ0) is 11.4. The van der Waals surface area contributed by atoms with Crippen LogP contribution in [0.4, 0.5) is 4.79 Å². The molecule has 1 saturated heterocycles. The summed E-state index contributed by atoms with van der Waals surface area (Å²) in [5, 5.41) is 11.0. The van der Waals surface area contributed by atoms with Crippen LogP contribution in [0, 0.1) is 0 Å². The molecule has 0 bridgehead atoms. The molecule has 2 amide bonds. The highest BCUT2D eigenvalue weighted by atomic mass is 16.5. The normalized spacial score (nSPS) is 22.1. The predicted octanol–water partition coefficient (Wildman–Crippen LogP) is -0.110. The Morgan fingerprint density at radius 3 is 2.73 bits per heavy atom. The first kappa shape index (κ1) is 11.8. The smallest absolute Gasteiger partial charge is 0.325 e. The minimum absolute atomic E-state index is 0.0472. The van der Waals surface area contributed by atoms with Gasteiger partial charge in [0.2, 0.25) is 0 Å². The summed E-state index contributed by atoms with van der Waals surface area (Å²) in [6.45, 7) is 2.60. The molecule has 0 aromatic heterocycles. The first-order valence-electron chi connectivity index (χ1n) is 4.86. The van der Waals surface area contributed by atoms with Crippen molar-refractivity contribution < 1.29 is 19.4 Å². The van der Waals surface area contributed by atoms with Crippen LogP contribution < -0.4 is 5.32 Å². The van der Waals surface area contributed by atoms with Gasteiger partial charge in [0, 0.05) is 13.7 Å². The molecule has 0 aromatic carbocycles. The summed E-state index contributed by atoms with van der Waals surface area (Å²) < 4.78 is 5.14. The molecule has 1 rings (SSSR count). The van der Waals surface area contributed by atoms with Gasteiger partial charge in [0.15, 0.2) is 0 Å². The zero-order valence-corrected chi connectivity index (χ0v) is 8.90. The summed E-state index contributed by atoms with van der Waals surface area (Å²) >= 11 is 0. The Morgan fingerprint density at radius 2 is 2.27 bits per heavy atom. The average molecular weight is 216 g/mol. The minimum Gasteiger partial charge on any atom is -0.480 e. The Labute approximate surface area is 88.2 Å². The molecule has 0 radical (unpaired) electrons. The number of urea groups is 1. The Bertz CT molecular complexity index is 250. The Hall–Kier alpha value is -1.30. The number of nitrogens with one attached hydrogen (secondary N) is 1. The lowest BCUT2D eigenvalue weighted by Gasteiger charge is -2.24. The maximum atomic E-state index is 11.5. The second-order valence-electron chi connectivity index (χ2n) is 3.64. The summed E-state index contributed by atoms with van der Waals surface area (Å²) in [5.74, 6) is -1.04. The number of amides is 2. The van der Waals surface area contributed by atoms with Crippen LogP contribution in [0.5, 0.6) is 0 Å². The maximum absolute atomic E-state index is 11.5. The van der Waals surface area contributed by atoms with Crippen LogP contribution in [0.25, 0.3) is 0 Å². The van der Waals surface area contributed by atoms with Crippen molar-refractivity contribution in [3.05, 3.63) is 0 Å². The summed E-state index contributed by atoms with van der Waals surface area (Å²) in [5.41, 5.74) is 0. The van der Waals surface area contributed by atoms with E-state index in [1.807, 2.05) is 0 Å². The van der Waals surface area contributed by atoms with Crippen molar-refractivity contribution in [2.45, 2.75) is 25.4 Å². The van der Waals surface area contributed by atoms with Crippen LogP contribution in [0.15, 0.2) is 0 Å². The highest BCUT2D eigenvalue weighted by Crippen LogP contribution is 2.10. The Morgan fingerprint density at radius 1 is 1.60 bits per heavy atom. The van der Waals surface area contributed by atoms with E-state index in [-0.39, 0.29) is 12.1 Å². The number of aliphatic carboxylic acids is 1. The van der Waals surface area contributed by atoms with Crippen LogP contribution in [0.3, 0.4) is 0 Å². The van der Waals surface area contributed by atoms with E-state index in [0.29, 0.717) is 13.2 Å². The fourth-order valence-electron chi connectivity index (χ4n) is 1.34. The lowest BCUT2D eigenvalue weighted by Crippen LogP contribution is -2.48. The molecule has 6 heteroatoms. The first-order chi connectivity index (χ1) is 7.02. The third-order valence-electron chi connectivity index (χ3n) is 2.48. The van der Waals surface area contributed by atoms with Crippen molar-refractivity contribution >= 4 is 12.0 Å². The second kappa shape index (κ2) is 4.97. The minimum atomic E-state index is -1.04. The molecule has 0 saturated carbocycles. The topological polar surface area (TPSA) is 78.9 Å². The van der Waals surface area contributed by atoms with Crippen molar-refractivity contribution in [2.24, 2.45) is 0 Å². The third-order valence-corrected chi connectivity index (χ3v) is 2.48. The molecule has 86 valence electrons. The number of rotatable bonds is 3. The van der Waals surface area contributed by atoms with E-state index in [9.17, 15) is 9.59 Å². The standard InChI is InChI=1S/C9H16N2O4/c1-6(8(12)13)10-9(14)11(2)7-3-4-15-5-7/h6-7H,3-5H2,1-2H3,(H,10,14)(H,12,13)/t6-,7?/m0/s1. The molecule has 0 aromatic rings. The molecule has 15 heavy (non-hydrogen) atoms. The van der Waals surface area contributed by atoms with Crippen molar-refractivity contribution in [1.29, 1.82) is 0 Å². The van der Waals surface area contributed by atoms with E-state index in [1.165, 1.54) is 11.8 Å². The van der Waals surface area contributed by atoms with Crippen LogP contribution in [0.2, 0.25) is 0 Å². The van der Waals surface area contributed by atoms with Gasteiger partial charge in [0.25, 0.3) is 0 Å². The van der Waals surface area contributed by atoms with Gasteiger partial charge >= 0.3 is 12.0 Å². The van der Waals surface area contributed by atoms with Gasteiger partial charge < -0.3 is 20.1 Å². The molecular formula is C9H16N2O4. The number of carboxylic acid groups (broad SMARTS) is 1. The van der Waals surface area contributed by atoms with Crippen LogP contribution in [0.1, 0.15) is 13.3 Å². The van der Waals surface area contributed by atoms with Gasteiger partial charge in [-0.05, 0) is 13.3 Å². The lowest BCUT2D eigenvalue weighted by atomic mass is 10.2. The number of carbonyl (C=O) groups excluding carboxylic acids is 1. The quantitative estimate of drug-likeness (QED) is 0.690. The molecule has 1 fully saturated rings. The molecule has 0 spiro atoms. The van der Waals surface area contributed by atoms with Crippen LogP contribution in [-0.4, -0.2) is 54.4 Å². The molecule has 1 heterocycles. The van der Waals surface area contributed by atoms with Gasteiger partial charge in [-0.1, -0.05) is 0 Å². The average Bonchev–Trinajstić information content (AvgIpc) is 2.68. The SMILES string of the molecule is C[C@H](NC(=O)N(C)C1CCOC1)C(=O)O. The first-order valence-corrected chi connectivity index (χ1v) is 4.86. The van der Waals surface area contributed by atoms with E-state index in [1.54, 1.807) is 7.05 Å². The molecule has 6 nitrogen and oxygen atoms in total. The number of hydrogen-bond donors (Lipinski definition) is 2. The van der Waals surface area contributed by atoms with Gasteiger partial charge in [0.05, 0.1) is 12.6 Å². The van der Waals surface area contributed by atoms with Crippen molar-refractivity contribution in [2.75, 3.05) is 20.3 Å². The van der Waals surface area contributed by atoms with Gasteiger partial charge in [-0.2, -0.15) is 0 Å². The zero-order valence-electron chi connectivity index (χ0n) is 8.90. The van der Waals surface area contributed by atoms with Crippen molar-refractivity contribution in [1.82, 2.24) is 10.2 Å². The largest absolute Gasteiger partial charge is 0.480 e. The summed E-state index contributed by atoms with van der Waals surface area (Å²) in [4.78, 5) is 23.6. The fourth-order valence-corrected chi connectivity index (χ4v) is 1.34. The monoisotopic (exact) mass is 216 g/mol. The molecule has 1 unspecified atom stereocenters. The number of hydrogen-bond acceptors (Lipinski definition) is 3. The highest BCUT2D eigenvalue weighted by Gasteiger charge is 2.25. The highest BCUT2D eigenvalue weighted by molar-refractivity contribution is 5.82.